The highest BCUT2D eigenvalue weighted by atomic mass is 16.4. The summed E-state index contributed by atoms with van der Waals surface area (Å²) in [4.78, 5) is 92.2. The van der Waals surface area contributed by atoms with E-state index >= 15 is 0 Å². The van der Waals surface area contributed by atoms with E-state index in [0.717, 1.165) is 0 Å². The Morgan fingerprint density at radius 3 is 1.47 bits per heavy atom. The van der Waals surface area contributed by atoms with E-state index in [1.165, 1.54) is 0 Å². The minimum absolute atomic E-state index is 0.0884. The van der Waals surface area contributed by atoms with Crippen molar-refractivity contribution in [3.8, 4) is 0 Å². The average molecular weight is 546 g/mol. The van der Waals surface area contributed by atoms with E-state index in [1.807, 2.05) is 0 Å². The number of nitrogens with two attached hydrogens (primary N) is 2. The van der Waals surface area contributed by atoms with E-state index in [1.54, 1.807) is 0 Å². The summed E-state index contributed by atoms with van der Waals surface area (Å²) in [5.74, 6) is -5.59. The monoisotopic (exact) mass is 545 g/mol. The first-order valence-electron chi connectivity index (χ1n) is 11.5. The van der Waals surface area contributed by atoms with Crippen LogP contribution in [0.25, 0.3) is 0 Å². The van der Waals surface area contributed by atoms with Crippen LogP contribution in [0.3, 0.4) is 0 Å². The Kier molecular flexibility index (Phi) is 17.6. The molecule has 0 fully saturated rings. The molecule has 0 aliphatic carbocycles. The maximum absolute atomic E-state index is 12.3. The molecule has 1 unspecified atom stereocenters. The van der Waals surface area contributed by atoms with E-state index in [0.29, 0.717) is 12.8 Å². The minimum Gasteiger partial charge on any atom is -0.480 e. The molecule has 214 valence electrons. The van der Waals surface area contributed by atoms with Gasteiger partial charge in [-0.15, -0.1) is 0 Å². The second kappa shape index (κ2) is 19.8. The van der Waals surface area contributed by atoms with Gasteiger partial charge < -0.3 is 53.8 Å². The van der Waals surface area contributed by atoms with Crippen molar-refractivity contribution < 1.29 is 43.5 Å². The highest BCUT2D eigenvalue weighted by molar-refractivity contribution is 5.92. The van der Waals surface area contributed by atoms with Gasteiger partial charge in [-0.05, 0) is 19.3 Å². The second-order valence-electron chi connectivity index (χ2n) is 7.59. The Morgan fingerprint density at radius 2 is 1.00 bits per heavy atom. The molecule has 18 heteroatoms. The van der Waals surface area contributed by atoms with Crippen molar-refractivity contribution in [1.29, 1.82) is 0 Å². The average Bonchev–Trinajstić information content (AvgIpc) is 2.89. The first kappa shape index (κ1) is 33.7. The number of aliphatic carboxylic acids is 1. The van der Waals surface area contributed by atoms with Crippen LogP contribution >= 0.6 is 0 Å². The Morgan fingerprint density at radius 1 is 0.553 bits per heavy atom. The normalized spacial score (nSPS) is 10.8. The molecule has 0 aromatic rings. The fraction of sp³-hybridized carbons (Fsp3) is 0.600. The van der Waals surface area contributed by atoms with Gasteiger partial charge in [-0.3, -0.25) is 38.4 Å². The molecule has 0 heterocycles. The molecular formula is C20H35N9O9. The zero-order chi connectivity index (χ0) is 28.9. The molecule has 0 saturated heterocycles. The van der Waals surface area contributed by atoms with Gasteiger partial charge in [-0.2, -0.15) is 0 Å². The lowest BCUT2D eigenvalue weighted by atomic mass is 10.1. The SMILES string of the molecule is NCC(=O)NCC(=O)NCC(=O)NCCCCC(NC(=O)CNC(=O)CNC(=O)CN)C(=O)NCC(=O)O. The third-order valence-electron chi connectivity index (χ3n) is 4.46. The van der Waals surface area contributed by atoms with E-state index < -0.39 is 73.0 Å². The van der Waals surface area contributed by atoms with Gasteiger partial charge in [0.15, 0.2) is 0 Å². The molecule has 0 bridgehead atoms. The summed E-state index contributed by atoms with van der Waals surface area (Å²) < 4.78 is 0. The van der Waals surface area contributed by atoms with Crippen LogP contribution in [0.4, 0.5) is 0 Å². The minimum atomic E-state index is -1.29. The smallest absolute Gasteiger partial charge is 0.322 e. The number of nitrogens with one attached hydrogen (secondary N) is 7. The van der Waals surface area contributed by atoms with Gasteiger partial charge in [-0.1, -0.05) is 0 Å². The molecule has 38 heavy (non-hydrogen) atoms. The first-order valence-corrected chi connectivity index (χ1v) is 11.5. The zero-order valence-electron chi connectivity index (χ0n) is 20.7. The van der Waals surface area contributed by atoms with Crippen LogP contribution in [0.5, 0.6) is 0 Å². The van der Waals surface area contributed by atoms with E-state index in [2.05, 4.69) is 37.2 Å². The number of hydrogen-bond donors (Lipinski definition) is 10. The Bertz CT molecular complexity index is 867. The van der Waals surface area contributed by atoms with Crippen molar-refractivity contribution in [2.45, 2.75) is 25.3 Å². The highest BCUT2D eigenvalue weighted by Crippen LogP contribution is 2.01. The number of carbonyl (C=O) groups excluding carboxylic acids is 7. The Balaban J connectivity index is 4.47. The predicted octanol–water partition coefficient (Wildman–Crippen LogP) is -6.66. The molecule has 0 aliphatic rings. The standard InChI is InChI=1S/C20H35N9O9/c21-5-13(30)24-8-16(33)26-7-15(32)23-4-2-1-3-12(20(38)28-11-19(36)37)29-18(35)10-27-17(34)9-25-14(31)6-22/h12H,1-11,21-22H2,(H,23,32)(H,24,30)(H,25,31)(H,26,33)(H,27,34)(H,28,38)(H,29,35)(H,36,37). The Labute approximate surface area is 217 Å². The Hall–Kier alpha value is -4.32. The fourth-order valence-electron chi connectivity index (χ4n) is 2.55. The summed E-state index contributed by atoms with van der Waals surface area (Å²) in [6.07, 6.45) is 0.800. The number of rotatable bonds is 19. The van der Waals surface area contributed by atoms with Gasteiger partial charge in [0.1, 0.15) is 12.6 Å². The summed E-state index contributed by atoms with van der Waals surface area (Å²) in [6, 6.07) is -1.12. The first-order chi connectivity index (χ1) is 18.0. The molecule has 1 atom stereocenters. The van der Waals surface area contributed by atoms with E-state index in [4.69, 9.17) is 16.6 Å². The van der Waals surface area contributed by atoms with Gasteiger partial charge in [-0.25, -0.2) is 0 Å². The molecule has 0 aromatic carbocycles. The number of carbonyl (C=O) groups is 8. The topological polar surface area (TPSA) is 293 Å². The molecule has 0 aromatic heterocycles. The van der Waals surface area contributed by atoms with Crippen molar-refractivity contribution in [1.82, 2.24) is 37.2 Å². The molecular weight excluding hydrogens is 510 g/mol. The third kappa shape index (κ3) is 18.0. The summed E-state index contributed by atoms with van der Waals surface area (Å²) >= 11 is 0. The predicted molar refractivity (Wildman–Crippen MR) is 130 cm³/mol. The maximum Gasteiger partial charge on any atom is 0.322 e. The van der Waals surface area contributed by atoms with Crippen LogP contribution in [-0.2, 0) is 38.4 Å². The van der Waals surface area contributed by atoms with Gasteiger partial charge in [0, 0.05) is 6.54 Å². The lowest BCUT2D eigenvalue weighted by Gasteiger charge is -2.18. The summed E-state index contributed by atoms with van der Waals surface area (Å²) in [6.45, 7) is -2.61. The van der Waals surface area contributed by atoms with Crippen molar-refractivity contribution >= 4 is 47.3 Å². The van der Waals surface area contributed by atoms with Crippen LogP contribution in [0.1, 0.15) is 19.3 Å². The third-order valence-corrected chi connectivity index (χ3v) is 4.46. The second-order valence-corrected chi connectivity index (χ2v) is 7.59. The van der Waals surface area contributed by atoms with Crippen LogP contribution in [0.2, 0.25) is 0 Å². The van der Waals surface area contributed by atoms with Crippen LogP contribution in [0.15, 0.2) is 0 Å². The molecule has 7 amide bonds. The van der Waals surface area contributed by atoms with Gasteiger partial charge in [0.05, 0.1) is 39.3 Å². The zero-order valence-corrected chi connectivity index (χ0v) is 20.7. The van der Waals surface area contributed by atoms with Crippen molar-refractivity contribution in [3.63, 3.8) is 0 Å². The number of unbranched alkanes of at least 4 members (excludes halogenated alkanes) is 1. The van der Waals surface area contributed by atoms with Crippen molar-refractivity contribution in [2.24, 2.45) is 11.5 Å². The molecule has 12 N–H and O–H groups in total. The number of carboxylic acid groups (broad SMARTS) is 1. The van der Waals surface area contributed by atoms with Crippen LogP contribution in [-0.4, -0.2) is 111 Å². The largest absolute Gasteiger partial charge is 0.480 e. The van der Waals surface area contributed by atoms with E-state index in [9.17, 15) is 38.4 Å². The number of carboxylic acids is 1. The lowest BCUT2D eigenvalue weighted by Crippen LogP contribution is -2.51. The summed E-state index contributed by atoms with van der Waals surface area (Å²) in [5, 5.41) is 24.8. The lowest BCUT2D eigenvalue weighted by molar-refractivity contribution is -0.138. The summed E-state index contributed by atoms with van der Waals surface area (Å²) in [7, 11) is 0. The molecule has 0 aliphatic heterocycles. The molecule has 0 rings (SSSR count). The van der Waals surface area contributed by atoms with Crippen LogP contribution < -0.4 is 48.7 Å². The van der Waals surface area contributed by atoms with Gasteiger partial charge in [0.2, 0.25) is 41.4 Å². The van der Waals surface area contributed by atoms with Gasteiger partial charge >= 0.3 is 5.97 Å². The molecule has 0 radical (unpaired) electrons. The number of hydrogen-bond acceptors (Lipinski definition) is 10. The molecule has 18 nitrogen and oxygen atoms in total. The summed E-state index contributed by atoms with van der Waals surface area (Å²) in [5.41, 5.74) is 10.2. The van der Waals surface area contributed by atoms with Crippen molar-refractivity contribution in [3.05, 3.63) is 0 Å². The van der Waals surface area contributed by atoms with Gasteiger partial charge in [0.25, 0.3) is 0 Å². The maximum atomic E-state index is 12.3. The quantitative estimate of drug-likeness (QED) is 0.0680. The van der Waals surface area contributed by atoms with Crippen LogP contribution in [0, 0.1) is 0 Å². The van der Waals surface area contributed by atoms with E-state index in [-0.39, 0.29) is 39.1 Å². The molecule has 0 spiro atoms. The fourth-order valence-corrected chi connectivity index (χ4v) is 2.55. The number of amides is 7. The highest BCUT2D eigenvalue weighted by Gasteiger charge is 2.21. The van der Waals surface area contributed by atoms with Crippen molar-refractivity contribution in [2.75, 3.05) is 52.4 Å². The molecule has 0 saturated carbocycles.